The minimum absolute atomic E-state index is 0.155. The van der Waals surface area contributed by atoms with Gasteiger partial charge in [0.1, 0.15) is 5.69 Å². The summed E-state index contributed by atoms with van der Waals surface area (Å²) in [5, 5.41) is 18.7. The maximum atomic E-state index is 11.0. The summed E-state index contributed by atoms with van der Waals surface area (Å²) in [5.74, 6) is -2.03. The molecule has 0 aliphatic rings. The van der Waals surface area contributed by atoms with E-state index in [-0.39, 0.29) is 11.3 Å². The number of hydrogen-bond donors (Lipinski definition) is 2. The maximum Gasteiger partial charge on any atom is 0.352 e. The van der Waals surface area contributed by atoms with Crippen molar-refractivity contribution in [2.24, 2.45) is 0 Å². The molecule has 0 bridgehead atoms. The molecule has 0 unspecified atom stereocenters. The number of carbonyl (C=O) groups is 2. The first-order valence-corrected chi connectivity index (χ1v) is 5.14. The molecule has 1 heterocycles. The average Bonchev–Trinajstić information content (AvgIpc) is 2.66. The van der Waals surface area contributed by atoms with Crippen LogP contribution in [-0.4, -0.2) is 26.7 Å². The number of fused-ring (bicyclic) bond motifs is 1. The van der Waals surface area contributed by atoms with Gasteiger partial charge in [-0.25, -0.2) is 9.59 Å². The molecule has 0 aliphatic heterocycles. The number of aromatic carboxylic acids is 2. The van der Waals surface area contributed by atoms with E-state index in [0.717, 1.165) is 5.39 Å². The van der Waals surface area contributed by atoms with Gasteiger partial charge < -0.3 is 14.8 Å². The molecule has 1 aromatic carbocycles. The van der Waals surface area contributed by atoms with Gasteiger partial charge in [0.05, 0.1) is 5.56 Å². The van der Waals surface area contributed by atoms with Crippen LogP contribution >= 0.6 is 0 Å². The fraction of sp³-hybridized carbons (Fsp3) is 0.167. The van der Waals surface area contributed by atoms with Gasteiger partial charge in [0, 0.05) is 17.4 Å². The number of benzene rings is 1. The molecule has 0 saturated heterocycles. The second-order valence-electron chi connectivity index (χ2n) is 3.66. The fourth-order valence-electron chi connectivity index (χ4n) is 1.91. The van der Waals surface area contributed by atoms with E-state index in [9.17, 15) is 9.59 Å². The Hall–Kier alpha value is -2.30. The lowest BCUT2D eigenvalue weighted by Crippen LogP contribution is -2.07. The molecule has 5 heteroatoms. The standard InChI is InChI=1S/C12H11NO4/c1-2-13-9-6-8(11(14)15)4-3-7(9)5-10(13)12(16)17/h3-6H,2H2,1H3,(H,14,15)(H,16,17). The predicted octanol–water partition coefficient (Wildman–Crippen LogP) is 2.06. The molecular formula is C12H11NO4. The van der Waals surface area contributed by atoms with Gasteiger partial charge in [0.2, 0.25) is 0 Å². The van der Waals surface area contributed by atoms with E-state index in [2.05, 4.69) is 0 Å². The number of nitrogens with zero attached hydrogens (tertiary/aromatic N) is 1. The van der Waals surface area contributed by atoms with Gasteiger partial charge in [-0.1, -0.05) is 6.07 Å². The summed E-state index contributed by atoms with van der Waals surface area (Å²) in [4.78, 5) is 21.9. The zero-order valence-electron chi connectivity index (χ0n) is 9.17. The number of carboxylic acid groups (broad SMARTS) is 2. The third-order valence-corrected chi connectivity index (χ3v) is 2.69. The van der Waals surface area contributed by atoms with Crippen LogP contribution in [0.3, 0.4) is 0 Å². The monoisotopic (exact) mass is 233 g/mol. The second kappa shape index (κ2) is 3.93. The Labute approximate surface area is 96.9 Å². The Kier molecular flexibility index (Phi) is 2.59. The van der Waals surface area contributed by atoms with Crippen molar-refractivity contribution in [3.63, 3.8) is 0 Å². The Balaban J connectivity index is 2.75. The zero-order chi connectivity index (χ0) is 12.6. The molecule has 5 nitrogen and oxygen atoms in total. The topological polar surface area (TPSA) is 79.5 Å². The average molecular weight is 233 g/mol. The molecule has 0 atom stereocenters. The van der Waals surface area contributed by atoms with Crippen LogP contribution in [0.25, 0.3) is 10.9 Å². The van der Waals surface area contributed by atoms with Crippen LogP contribution in [0.5, 0.6) is 0 Å². The third-order valence-electron chi connectivity index (χ3n) is 2.69. The van der Waals surface area contributed by atoms with E-state index in [1.165, 1.54) is 12.1 Å². The van der Waals surface area contributed by atoms with Crippen molar-refractivity contribution in [3.05, 3.63) is 35.5 Å². The van der Waals surface area contributed by atoms with Crippen molar-refractivity contribution >= 4 is 22.8 Å². The van der Waals surface area contributed by atoms with Crippen LogP contribution in [0.15, 0.2) is 24.3 Å². The SMILES string of the molecule is CCn1c(C(=O)O)cc2ccc(C(=O)O)cc21. The van der Waals surface area contributed by atoms with Gasteiger partial charge >= 0.3 is 11.9 Å². The summed E-state index contributed by atoms with van der Waals surface area (Å²) in [7, 11) is 0. The molecule has 2 N–H and O–H groups in total. The molecule has 1 aromatic heterocycles. The van der Waals surface area contributed by atoms with Crippen LogP contribution < -0.4 is 0 Å². The first-order valence-electron chi connectivity index (χ1n) is 5.14. The molecule has 0 saturated carbocycles. The fourth-order valence-corrected chi connectivity index (χ4v) is 1.91. The van der Waals surface area contributed by atoms with Crippen LogP contribution in [-0.2, 0) is 6.54 Å². The molecule has 0 fully saturated rings. The summed E-state index contributed by atoms with van der Waals surface area (Å²) in [6, 6.07) is 6.13. The van der Waals surface area contributed by atoms with Crippen molar-refractivity contribution in [1.82, 2.24) is 4.57 Å². The minimum Gasteiger partial charge on any atom is -0.478 e. The van der Waals surface area contributed by atoms with E-state index in [1.807, 2.05) is 6.92 Å². The molecule has 17 heavy (non-hydrogen) atoms. The van der Waals surface area contributed by atoms with E-state index < -0.39 is 11.9 Å². The molecule has 0 radical (unpaired) electrons. The molecule has 2 rings (SSSR count). The Morgan fingerprint density at radius 3 is 2.41 bits per heavy atom. The number of rotatable bonds is 3. The first kappa shape index (κ1) is 11.2. The quantitative estimate of drug-likeness (QED) is 0.850. The van der Waals surface area contributed by atoms with Crippen LogP contribution in [0, 0.1) is 0 Å². The number of aromatic nitrogens is 1. The lowest BCUT2D eigenvalue weighted by atomic mass is 10.1. The highest BCUT2D eigenvalue weighted by Crippen LogP contribution is 2.21. The van der Waals surface area contributed by atoms with Crippen molar-refractivity contribution < 1.29 is 19.8 Å². The van der Waals surface area contributed by atoms with Crippen molar-refractivity contribution in [2.45, 2.75) is 13.5 Å². The Morgan fingerprint density at radius 2 is 1.88 bits per heavy atom. The van der Waals surface area contributed by atoms with E-state index >= 15 is 0 Å². The van der Waals surface area contributed by atoms with Crippen molar-refractivity contribution in [3.8, 4) is 0 Å². The van der Waals surface area contributed by atoms with Crippen molar-refractivity contribution in [1.29, 1.82) is 0 Å². The van der Waals surface area contributed by atoms with E-state index in [1.54, 1.807) is 16.7 Å². The summed E-state index contributed by atoms with van der Waals surface area (Å²) in [6.45, 7) is 2.30. The third kappa shape index (κ3) is 1.75. The zero-order valence-corrected chi connectivity index (χ0v) is 9.17. The largest absolute Gasteiger partial charge is 0.478 e. The summed E-state index contributed by atoms with van der Waals surface area (Å²) < 4.78 is 1.59. The number of hydrogen-bond acceptors (Lipinski definition) is 2. The van der Waals surface area contributed by atoms with E-state index in [0.29, 0.717) is 12.1 Å². The van der Waals surface area contributed by atoms with Gasteiger partial charge in [-0.3, -0.25) is 0 Å². The normalized spacial score (nSPS) is 10.6. The van der Waals surface area contributed by atoms with Crippen molar-refractivity contribution in [2.75, 3.05) is 0 Å². The first-order chi connectivity index (χ1) is 8.04. The summed E-state index contributed by atoms with van der Waals surface area (Å²) in [5.41, 5.74) is 0.956. The van der Waals surface area contributed by atoms with Crippen LogP contribution in [0.4, 0.5) is 0 Å². The van der Waals surface area contributed by atoms with Gasteiger partial charge in [-0.15, -0.1) is 0 Å². The van der Waals surface area contributed by atoms with Crippen LogP contribution in [0.1, 0.15) is 27.8 Å². The summed E-state index contributed by atoms with van der Waals surface area (Å²) >= 11 is 0. The summed E-state index contributed by atoms with van der Waals surface area (Å²) in [6.07, 6.45) is 0. The van der Waals surface area contributed by atoms with Gasteiger partial charge in [-0.2, -0.15) is 0 Å². The number of aryl methyl sites for hydroxylation is 1. The van der Waals surface area contributed by atoms with Gasteiger partial charge in [-0.05, 0) is 25.1 Å². The molecule has 2 aromatic rings. The molecule has 0 spiro atoms. The minimum atomic E-state index is -1.02. The maximum absolute atomic E-state index is 11.0. The number of carboxylic acids is 2. The highest BCUT2D eigenvalue weighted by atomic mass is 16.4. The lowest BCUT2D eigenvalue weighted by molar-refractivity contribution is 0.0680. The van der Waals surface area contributed by atoms with E-state index in [4.69, 9.17) is 10.2 Å². The van der Waals surface area contributed by atoms with Gasteiger partial charge in [0.25, 0.3) is 0 Å². The highest BCUT2D eigenvalue weighted by molar-refractivity contribution is 5.98. The molecule has 88 valence electrons. The Bertz CT molecular complexity index is 612. The smallest absolute Gasteiger partial charge is 0.352 e. The molecule has 0 amide bonds. The second-order valence-corrected chi connectivity index (χ2v) is 3.66. The molecule has 0 aliphatic carbocycles. The highest BCUT2D eigenvalue weighted by Gasteiger charge is 2.14. The predicted molar refractivity (Wildman–Crippen MR) is 61.5 cm³/mol. The van der Waals surface area contributed by atoms with Crippen LogP contribution in [0.2, 0.25) is 0 Å². The molecular weight excluding hydrogens is 222 g/mol. The Morgan fingerprint density at radius 1 is 1.18 bits per heavy atom. The lowest BCUT2D eigenvalue weighted by Gasteiger charge is -2.04. The van der Waals surface area contributed by atoms with Gasteiger partial charge in [0.15, 0.2) is 0 Å².